The Bertz CT molecular complexity index is 1230. The van der Waals surface area contributed by atoms with Gasteiger partial charge < -0.3 is 24.5 Å². The number of fused-ring (bicyclic) bond motifs is 3. The molecule has 0 saturated carbocycles. The second-order valence-corrected chi connectivity index (χ2v) is 8.25. The molecule has 4 rings (SSSR count). The van der Waals surface area contributed by atoms with Crippen molar-refractivity contribution in [2.24, 2.45) is 0 Å². The van der Waals surface area contributed by atoms with E-state index in [1.165, 1.54) is 13.2 Å². The second-order valence-electron chi connectivity index (χ2n) is 7.60. The molecule has 2 N–H and O–H groups in total. The highest BCUT2D eigenvalue weighted by Gasteiger charge is 2.36. The molecule has 1 aliphatic rings. The Balaban J connectivity index is 1.77. The van der Waals surface area contributed by atoms with E-state index in [1.54, 1.807) is 31.1 Å². The van der Waals surface area contributed by atoms with E-state index in [-0.39, 0.29) is 17.6 Å². The maximum atomic E-state index is 13.1. The summed E-state index contributed by atoms with van der Waals surface area (Å²) in [5, 5.41) is 11.9. The summed E-state index contributed by atoms with van der Waals surface area (Å²) >= 11 is 3.54. The first-order valence-electron chi connectivity index (χ1n) is 10.1. The fourth-order valence-corrected chi connectivity index (χ4v) is 4.73. The highest BCUT2D eigenvalue weighted by molar-refractivity contribution is 9.09. The molecule has 2 aromatic carbocycles. The van der Waals surface area contributed by atoms with Crippen LogP contribution in [-0.2, 0) is 9.53 Å². The minimum Gasteiger partial charge on any atom is -0.506 e. The van der Waals surface area contributed by atoms with Gasteiger partial charge in [-0.1, -0.05) is 28.1 Å². The van der Waals surface area contributed by atoms with E-state index >= 15 is 0 Å². The number of aryl methyl sites for hydroxylation is 1. The standard InChI is InChI=1S/C24H23BrN2O5/c1-13-20(24(30)32-3)22-21-15(11-25)12-27(17(21)10-18(28)23(22)26-13)19(29)9-6-14-4-7-16(31-2)8-5-14/h4-10,15,26,28H,11-12H2,1-3H3/b9-6+/t15-/m1/s1. The lowest BCUT2D eigenvalue weighted by molar-refractivity contribution is -0.114. The highest BCUT2D eigenvalue weighted by atomic mass is 79.9. The van der Waals surface area contributed by atoms with E-state index < -0.39 is 5.97 Å². The average Bonchev–Trinajstić information content (AvgIpc) is 3.34. The minimum absolute atomic E-state index is 0.0239. The van der Waals surface area contributed by atoms with Crippen LogP contribution in [0.4, 0.5) is 5.69 Å². The molecule has 0 radical (unpaired) electrons. The SMILES string of the molecule is COC(=O)c1c(C)[nH]c2c(O)cc3c(c12)[C@H](CBr)CN3C(=O)/C=C/c1ccc(OC)cc1. The number of hydrogen-bond donors (Lipinski definition) is 2. The van der Waals surface area contributed by atoms with Crippen molar-refractivity contribution < 1.29 is 24.2 Å². The van der Waals surface area contributed by atoms with Crippen molar-refractivity contribution in [2.45, 2.75) is 12.8 Å². The van der Waals surface area contributed by atoms with Crippen LogP contribution < -0.4 is 9.64 Å². The summed E-state index contributed by atoms with van der Waals surface area (Å²) in [5.41, 5.74) is 3.74. The number of phenols is 1. The van der Waals surface area contributed by atoms with Crippen molar-refractivity contribution >= 4 is 50.5 Å². The third-order valence-corrected chi connectivity index (χ3v) is 6.52. The molecule has 1 aromatic heterocycles. The van der Waals surface area contributed by atoms with Crippen LogP contribution in [0.3, 0.4) is 0 Å². The number of phenolic OH excluding ortho intramolecular Hbond substituents is 1. The summed E-state index contributed by atoms with van der Waals surface area (Å²) in [6.07, 6.45) is 3.24. The monoisotopic (exact) mass is 498 g/mol. The van der Waals surface area contributed by atoms with E-state index in [0.29, 0.717) is 39.7 Å². The molecule has 32 heavy (non-hydrogen) atoms. The Kier molecular flexibility index (Phi) is 5.97. The Morgan fingerprint density at radius 2 is 2.00 bits per heavy atom. The molecule has 1 aliphatic heterocycles. The number of aromatic nitrogens is 1. The maximum Gasteiger partial charge on any atom is 0.340 e. The zero-order chi connectivity index (χ0) is 23.0. The first kappa shape index (κ1) is 22.0. The molecule has 8 heteroatoms. The quantitative estimate of drug-likeness (QED) is 0.306. The molecular weight excluding hydrogens is 476 g/mol. The largest absolute Gasteiger partial charge is 0.506 e. The van der Waals surface area contributed by atoms with Crippen LogP contribution in [0.25, 0.3) is 17.0 Å². The predicted molar refractivity (Wildman–Crippen MR) is 127 cm³/mol. The number of carbonyl (C=O) groups excluding carboxylic acids is 2. The third kappa shape index (κ3) is 3.64. The Hall–Kier alpha value is -3.26. The number of esters is 1. The number of aromatic amines is 1. The van der Waals surface area contributed by atoms with E-state index in [2.05, 4.69) is 20.9 Å². The van der Waals surface area contributed by atoms with Crippen molar-refractivity contribution in [2.75, 3.05) is 31.0 Å². The minimum atomic E-state index is -0.487. The number of alkyl halides is 1. The Morgan fingerprint density at radius 3 is 2.62 bits per heavy atom. The first-order chi connectivity index (χ1) is 15.4. The summed E-state index contributed by atoms with van der Waals surface area (Å²) in [4.78, 5) is 30.3. The number of H-pyrrole nitrogens is 1. The molecule has 0 aliphatic carbocycles. The van der Waals surface area contributed by atoms with E-state index in [1.807, 2.05) is 24.3 Å². The van der Waals surface area contributed by atoms with Gasteiger partial charge in [0.15, 0.2) is 0 Å². The van der Waals surface area contributed by atoms with Crippen LogP contribution in [0.5, 0.6) is 11.5 Å². The molecule has 1 atom stereocenters. The molecule has 0 spiro atoms. The lowest BCUT2D eigenvalue weighted by Crippen LogP contribution is -2.28. The fraction of sp³-hybridized carbons (Fsp3) is 0.250. The smallest absolute Gasteiger partial charge is 0.340 e. The van der Waals surface area contributed by atoms with Gasteiger partial charge in [-0.3, -0.25) is 4.79 Å². The lowest BCUT2D eigenvalue weighted by atomic mass is 9.96. The first-order valence-corrected chi connectivity index (χ1v) is 11.2. The molecule has 0 fully saturated rings. The second kappa shape index (κ2) is 8.70. The van der Waals surface area contributed by atoms with E-state index in [4.69, 9.17) is 9.47 Å². The van der Waals surface area contributed by atoms with Gasteiger partial charge >= 0.3 is 5.97 Å². The van der Waals surface area contributed by atoms with E-state index in [0.717, 1.165) is 16.9 Å². The van der Waals surface area contributed by atoms with Crippen molar-refractivity contribution in [1.82, 2.24) is 4.98 Å². The van der Waals surface area contributed by atoms with Crippen LogP contribution in [-0.4, -0.2) is 48.1 Å². The summed E-state index contributed by atoms with van der Waals surface area (Å²) < 4.78 is 10.1. The number of nitrogens with zero attached hydrogens (tertiary/aromatic N) is 1. The average molecular weight is 499 g/mol. The number of anilines is 1. The van der Waals surface area contributed by atoms with Crippen LogP contribution in [0.2, 0.25) is 0 Å². The van der Waals surface area contributed by atoms with E-state index in [9.17, 15) is 14.7 Å². The number of ether oxygens (including phenoxy) is 2. The maximum absolute atomic E-state index is 13.1. The van der Waals surface area contributed by atoms with Gasteiger partial charge in [-0.05, 0) is 36.3 Å². The Morgan fingerprint density at radius 1 is 1.28 bits per heavy atom. The van der Waals surface area contributed by atoms with Gasteiger partial charge in [0.1, 0.15) is 11.5 Å². The van der Waals surface area contributed by atoms with Gasteiger partial charge in [0.05, 0.1) is 31.0 Å². The molecular formula is C24H23BrN2O5. The summed E-state index contributed by atoms with van der Waals surface area (Å²) in [7, 11) is 2.93. The number of hydrogen-bond acceptors (Lipinski definition) is 5. The molecule has 0 saturated heterocycles. The number of halogens is 1. The highest BCUT2D eigenvalue weighted by Crippen LogP contribution is 2.47. The fourth-order valence-electron chi connectivity index (χ4n) is 4.20. The number of rotatable bonds is 5. The summed E-state index contributed by atoms with van der Waals surface area (Å²) in [6.45, 7) is 2.19. The number of benzene rings is 2. The molecule has 1 amide bonds. The summed E-state index contributed by atoms with van der Waals surface area (Å²) in [6, 6.07) is 8.96. The molecule has 0 bridgehead atoms. The van der Waals surface area contributed by atoms with Gasteiger partial charge in [-0.2, -0.15) is 0 Å². The van der Waals surface area contributed by atoms with Crippen molar-refractivity contribution in [3.05, 3.63) is 58.8 Å². The summed E-state index contributed by atoms with van der Waals surface area (Å²) in [5.74, 6) is -0.0331. The van der Waals surface area contributed by atoms with Crippen molar-refractivity contribution in [3.63, 3.8) is 0 Å². The van der Waals surface area contributed by atoms with Gasteiger partial charge in [-0.25, -0.2) is 4.79 Å². The van der Waals surface area contributed by atoms with Crippen LogP contribution >= 0.6 is 15.9 Å². The normalized spacial score (nSPS) is 15.4. The number of amides is 1. The van der Waals surface area contributed by atoms with Crippen LogP contribution in [0.15, 0.2) is 36.4 Å². The molecule has 2 heterocycles. The molecule has 166 valence electrons. The zero-order valence-electron chi connectivity index (χ0n) is 17.9. The molecule has 7 nitrogen and oxygen atoms in total. The van der Waals surface area contributed by atoms with Gasteiger partial charge in [0.25, 0.3) is 5.91 Å². The number of aromatic hydroxyl groups is 1. The predicted octanol–water partition coefficient (Wildman–Crippen LogP) is 4.52. The number of methoxy groups -OCH3 is 2. The zero-order valence-corrected chi connectivity index (χ0v) is 19.5. The third-order valence-electron chi connectivity index (χ3n) is 5.74. The van der Waals surface area contributed by atoms with Crippen LogP contribution in [0.1, 0.15) is 33.1 Å². The number of nitrogens with one attached hydrogen (secondary N) is 1. The number of carbonyl (C=O) groups is 2. The van der Waals surface area contributed by atoms with Gasteiger partial charge in [0, 0.05) is 41.0 Å². The van der Waals surface area contributed by atoms with Crippen molar-refractivity contribution in [3.8, 4) is 11.5 Å². The Labute approximate surface area is 193 Å². The van der Waals surface area contributed by atoms with Gasteiger partial charge in [0.2, 0.25) is 0 Å². The molecule has 3 aromatic rings. The van der Waals surface area contributed by atoms with Crippen LogP contribution in [0, 0.1) is 6.92 Å². The topological polar surface area (TPSA) is 91.9 Å². The van der Waals surface area contributed by atoms with Gasteiger partial charge in [-0.15, -0.1) is 0 Å². The lowest BCUT2D eigenvalue weighted by Gasteiger charge is -2.16. The molecule has 0 unspecified atom stereocenters. The van der Waals surface area contributed by atoms with Crippen molar-refractivity contribution in [1.29, 1.82) is 0 Å².